The van der Waals surface area contributed by atoms with E-state index in [2.05, 4.69) is 10.2 Å². The van der Waals surface area contributed by atoms with E-state index in [1.54, 1.807) is 0 Å². The van der Waals surface area contributed by atoms with Crippen LogP contribution in [0.15, 0.2) is 12.2 Å². The zero-order valence-electron chi connectivity index (χ0n) is 7.26. The lowest BCUT2D eigenvalue weighted by molar-refractivity contribution is -0.144. The summed E-state index contributed by atoms with van der Waals surface area (Å²) < 4.78 is 10.1. The summed E-state index contributed by atoms with van der Waals surface area (Å²) in [6.07, 6.45) is 2.11. The number of epoxide rings is 2. The minimum absolute atomic E-state index is 0.623. The number of hydrogen-bond donors (Lipinski definition) is 2. The van der Waals surface area contributed by atoms with Crippen LogP contribution in [0.25, 0.3) is 0 Å². The standard InChI is InChI=1S/C8H5O6Si/c9-4(10)6-2-1-3-7(13-3,5(11)12)8(6,15)14-6/h1-3H,(H,9,10)(H,11,12). The van der Waals surface area contributed by atoms with Gasteiger partial charge in [-0.2, -0.15) is 0 Å². The zero-order chi connectivity index (χ0) is 11.1. The number of fused-ring (bicyclic) bond motifs is 3. The Balaban J connectivity index is 2.12. The lowest BCUT2D eigenvalue weighted by atomic mass is 9.85. The minimum atomic E-state index is -1.62. The second-order valence-electron chi connectivity index (χ2n) is 3.76. The van der Waals surface area contributed by atoms with E-state index in [1.165, 1.54) is 12.2 Å². The van der Waals surface area contributed by atoms with Crippen LogP contribution in [-0.2, 0) is 19.1 Å². The third-order valence-corrected chi connectivity index (χ3v) is 3.96. The zero-order valence-corrected chi connectivity index (χ0v) is 8.26. The first kappa shape index (κ1) is 9.07. The Bertz CT molecular complexity index is 433. The van der Waals surface area contributed by atoms with Crippen LogP contribution in [0.1, 0.15) is 0 Å². The van der Waals surface area contributed by atoms with Crippen molar-refractivity contribution in [2.24, 2.45) is 0 Å². The number of carboxylic acid groups (broad SMARTS) is 2. The number of aliphatic carboxylic acids is 2. The molecule has 3 rings (SSSR count). The van der Waals surface area contributed by atoms with E-state index in [1.807, 2.05) is 0 Å². The maximum Gasteiger partial charge on any atom is 0.342 e. The molecule has 3 radical (unpaired) electrons. The largest absolute Gasteiger partial charge is 0.479 e. The third kappa shape index (κ3) is 0.656. The highest BCUT2D eigenvalue weighted by Crippen LogP contribution is 2.65. The molecule has 3 aliphatic rings. The molecule has 1 aliphatic carbocycles. The van der Waals surface area contributed by atoms with Gasteiger partial charge in [-0.1, -0.05) is 6.08 Å². The molecule has 0 amide bonds. The summed E-state index contributed by atoms with van der Waals surface area (Å²) in [4.78, 5) is 22.1. The van der Waals surface area contributed by atoms with Crippen molar-refractivity contribution in [3.05, 3.63) is 12.2 Å². The molecule has 77 valence electrons. The maximum absolute atomic E-state index is 11.1. The molecule has 0 saturated carbocycles. The summed E-state index contributed by atoms with van der Waals surface area (Å²) in [6, 6.07) is 0. The van der Waals surface area contributed by atoms with Crippen LogP contribution >= 0.6 is 0 Å². The van der Waals surface area contributed by atoms with E-state index in [0.717, 1.165) is 0 Å². The predicted octanol–water partition coefficient (Wildman–Crippen LogP) is -1.50. The van der Waals surface area contributed by atoms with Crippen LogP contribution < -0.4 is 0 Å². The third-order valence-electron chi connectivity index (χ3n) is 3.12. The van der Waals surface area contributed by atoms with Crippen molar-refractivity contribution in [3.63, 3.8) is 0 Å². The number of carboxylic acids is 2. The van der Waals surface area contributed by atoms with Crippen molar-refractivity contribution in [1.29, 1.82) is 0 Å². The van der Waals surface area contributed by atoms with Crippen LogP contribution in [0.3, 0.4) is 0 Å². The molecule has 4 atom stereocenters. The predicted molar refractivity (Wildman–Crippen MR) is 44.3 cm³/mol. The number of ether oxygens (including phenoxy) is 2. The van der Waals surface area contributed by atoms with Crippen molar-refractivity contribution in [2.75, 3.05) is 0 Å². The highest BCUT2D eigenvalue weighted by molar-refractivity contribution is 6.26. The molecule has 7 heteroatoms. The summed E-state index contributed by atoms with van der Waals surface area (Å²) in [7, 11) is 3.09. The Labute approximate surface area is 86.9 Å². The molecule has 0 spiro atoms. The number of carbonyl (C=O) groups is 2. The first-order chi connectivity index (χ1) is 6.91. The van der Waals surface area contributed by atoms with Crippen molar-refractivity contribution in [2.45, 2.75) is 22.5 Å². The van der Waals surface area contributed by atoms with Gasteiger partial charge in [0.1, 0.15) is 11.3 Å². The molecule has 0 aromatic carbocycles. The number of rotatable bonds is 2. The van der Waals surface area contributed by atoms with Crippen LogP contribution in [0.4, 0.5) is 0 Å². The second-order valence-corrected chi connectivity index (χ2v) is 4.47. The molecule has 2 aliphatic heterocycles. The monoisotopic (exact) mass is 225 g/mol. The van der Waals surface area contributed by atoms with Crippen LogP contribution in [0.2, 0.25) is 0 Å². The highest BCUT2D eigenvalue weighted by atomic mass is 28.1. The van der Waals surface area contributed by atoms with Crippen molar-refractivity contribution >= 4 is 22.2 Å². The summed E-state index contributed by atoms with van der Waals surface area (Å²) in [5.41, 5.74) is -3.22. The molecule has 2 fully saturated rings. The van der Waals surface area contributed by atoms with Crippen LogP contribution in [0.5, 0.6) is 0 Å². The van der Waals surface area contributed by atoms with Crippen molar-refractivity contribution in [1.82, 2.24) is 0 Å². The Morgan fingerprint density at radius 2 is 2.00 bits per heavy atom. The first-order valence-corrected chi connectivity index (χ1v) is 4.70. The van der Waals surface area contributed by atoms with Gasteiger partial charge < -0.3 is 19.7 Å². The van der Waals surface area contributed by atoms with Gasteiger partial charge in [-0.15, -0.1) is 0 Å². The van der Waals surface area contributed by atoms with Gasteiger partial charge in [-0.05, 0) is 6.08 Å². The Morgan fingerprint density at radius 1 is 1.33 bits per heavy atom. The average molecular weight is 225 g/mol. The molecule has 0 bridgehead atoms. The van der Waals surface area contributed by atoms with Crippen molar-refractivity contribution < 1.29 is 29.3 Å². The lowest BCUT2D eigenvalue weighted by Crippen LogP contribution is -2.51. The first-order valence-electron chi connectivity index (χ1n) is 4.20. The summed E-state index contributed by atoms with van der Waals surface area (Å²) in [5.74, 6) is -2.46. The molecular formula is C8H5O6Si. The van der Waals surface area contributed by atoms with Gasteiger partial charge in [-0.25, -0.2) is 9.59 Å². The fraction of sp³-hybridized carbons (Fsp3) is 0.500. The van der Waals surface area contributed by atoms with Gasteiger partial charge in [0.05, 0.1) is 10.2 Å². The Morgan fingerprint density at radius 3 is 2.53 bits per heavy atom. The molecule has 2 heterocycles. The fourth-order valence-corrected chi connectivity index (χ4v) is 2.81. The minimum Gasteiger partial charge on any atom is -0.479 e. The molecule has 6 nitrogen and oxygen atoms in total. The molecular weight excluding hydrogens is 220 g/mol. The van der Waals surface area contributed by atoms with E-state index in [4.69, 9.17) is 19.7 Å². The Hall–Kier alpha value is -1.18. The SMILES string of the molecule is O=C(O)C12C=CC3OC3(C(=O)O)C1([Si])O2. The summed E-state index contributed by atoms with van der Waals surface area (Å²) in [5, 5.41) is 16.5. The Kier molecular flexibility index (Phi) is 1.22. The van der Waals surface area contributed by atoms with Gasteiger partial charge in [-0.3, -0.25) is 0 Å². The van der Waals surface area contributed by atoms with E-state index >= 15 is 0 Å². The molecule has 0 aromatic heterocycles. The molecule has 0 aromatic rings. The quantitative estimate of drug-likeness (QED) is 0.337. The summed E-state index contributed by atoms with van der Waals surface area (Å²) >= 11 is 0. The highest BCUT2D eigenvalue weighted by Gasteiger charge is 2.91. The molecule has 2 saturated heterocycles. The maximum atomic E-state index is 11.1. The lowest BCUT2D eigenvalue weighted by Gasteiger charge is -2.17. The van der Waals surface area contributed by atoms with Gasteiger partial charge in [0.25, 0.3) is 0 Å². The van der Waals surface area contributed by atoms with Gasteiger partial charge in [0.15, 0.2) is 0 Å². The van der Waals surface area contributed by atoms with Gasteiger partial charge in [0, 0.05) is 0 Å². The smallest absolute Gasteiger partial charge is 0.342 e. The van der Waals surface area contributed by atoms with Gasteiger partial charge >= 0.3 is 11.9 Å². The topological polar surface area (TPSA) is 99.7 Å². The van der Waals surface area contributed by atoms with Crippen LogP contribution in [-0.4, -0.2) is 54.9 Å². The number of hydrogen-bond acceptors (Lipinski definition) is 4. The molecule has 2 N–H and O–H groups in total. The van der Waals surface area contributed by atoms with Crippen molar-refractivity contribution in [3.8, 4) is 0 Å². The molecule has 15 heavy (non-hydrogen) atoms. The fourth-order valence-electron chi connectivity index (χ4n) is 2.15. The average Bonchev–Trinajstić information content (AvgIpc) is 2.92. The second kappa shape index (κ2) is 2.01. The molecule has 4 unspecified atom stereocenters. The summed E-state index contributed by atoms with van der Waals surface area (Å²) in [6.45, 7) is 0. The van der Waals surface area contributed by atoms with Crippen LogP contribution in [0, 0.1) is 0 Å². The van der Waals surface area contributed by atoms with E-state index < -0.39 is 34.5 Å². The van der Waals surface area contributed by atoms with E-state index in [-0.39, 0.29) is 0 Å². The normalized spacial score (nSPS) is 54.1. The van der Waals surface area contributed by atoms with Gasteiger partial charge in [0.2, 0.25) is 11.2 Å². The van der Waals surface area contributed by atoms with E-state index in [0.29, 0.717) is 0 Å². The van der Waals surface area contributed by atoms with E-state index in [9.17, 15) is 9.59 Å².